The van der Waals surface area contributed by atoms with E-state index in [0.717, 1.165) is 29.9 Å². The van der Waals surface area contributed by atoms with Crippen molar-refractivity contribution in [3.8, 4) is 0 Å². The van der Waals surface area contributed by atoms with Crippen LogP contribution >= 0.6 is 0 Å². The summed E-state index contributed by atoms with van der Waals surface area (Å²) in [4.78, 5) is 8.69. The van der Waals surface area contributed by atoms with Crippen molar-refractivity contribution in [1.29, 1.82) is 0 Å². The molecule has 4 heteroatoms. The highest BCUT2D eigenvalue weighted by Gasteiger charge is 2.24. The van der Waals surface area contributed by atoms with Crippen LogP contribution in [0.3, 0.4) is 0 Å². The van der Waals surface area contributed by atoms with Crippen molar-refractivity contribution in [3.63, 3.8) is 0 Å². The summed E-state index contributed by atoms with van der Waals surface area (Å²) in [5, 5.41) is 3.52. The first kappa shape index (κ1) is 13.1. The molecule has 1 fully saturated rings. The second kappa shape index (κ2) is 5.55. The predicted octanol–water partition coefficient (Wildman–Crippen LogP) is 2.86. The standard InChI is InChI=1S/C14H24N4/c1-4-13-17-12(15)8-14(18-13)16-11-6-5-9(2)10(3)7-11/h8-11H,4-7H2,1-3H3,(H3,15,16,17,18). The number of nitrogens with one attached hydrogen (secondary N) is 1. The van der Waals surface area contributed by atoms with Crippen LogP contribution in [-0.2, 0) is 6.42 Å². The molecule has 3 unspecified atom stereocenters. The first-order valence-corrected chi connectivity index (χ1v) is 6.98. The molecule has 4 nitrogen and oxygen atoms in total. The number of hydrogen-bond acceptors (Lipinski definition) is 4. The predicted molar refractivity (Wildman–Crippen MR) is 75.4 cm³/mol. The van der Waals surface area contributed by atoms with Crippen molar-refractivity contribution >= 4 is 11.6 Å². The first-order valence-electron chi connectivity index (χ1n) is 6.98. The zero-order valence-corrected chi connectivity index (χ0v) is 11.6. The molecule has 0 saturated heterocycles. The van der Waals surface area contributed by atoms with E-state index in [1.807, 2.05) is 13.0 Å². The molecule has 1 saturated carbocycles. The summed E-state index contributed by atoms with van der Waals surface area (Å²) >= 11 is 0. The molecule has 18 heavy (non-hydrogen) atoms. The fourth-order valence-electron chi connectivity index (χ4n) is 2.64. The largest absolute Gasteiger partial charge is 0.384 e. The summed E-state index contributed by atoms with van der Waals surface area (Å²) in [6, 6.07) is 2.36. The smallest absolute Gasteiger partial charge is 0.132 e. The molecule has 0 bridgehead atoms. The van der Waals surface area contributed by atoms with E-state index >= 15 is 0 Å². The molecule has 1 aromatic heterocycles. The van der Waals surface area contributed by atoms with Gasteiger partial charge >= 0.3 is 0 Å². The lowest BCUT2D eigenvalue weighted by molar-refractivity contribution is 0.260. The molecule has 0 aliphatic heterocycles. The maximum Gasteiger partial charge on any atom is 0.132 e. The minimum absolute atomic E-state index is 0.523. The zero-order valence-electron chi connectivity index (χ0n) is 11.6. The average Bonchev–Trinajstić information content (AvgIpc) is 2.33. The molecule has 100 valence electrons. The molecule has 1 aromatic rings. The first-order chi connectivity index (χ1) is 8.58. The molecule has 0 aromatic carbocycles. The minimum Gasteiger partial charge on any atom is -0.384 e. The summed E-state index contributed by atoms with van der Waals surface area (Å²) < 4.78 is 0. The third-order valence-electron chi connectivity index (χ3n) is 4.06. The number of nitrogen functional groups attached to an aromatic ring is 1. The normalized spacial score (nSPS) is 28.1. The van der Waals surface area contributed by atoms with Gasteiger partial charge in [0, 0.05) is 18.5 Å². The second-order valence-electron chi connectivity index (χ2n) is 5.56. The van der Waals surface area contributed by atoms with Crippen LogP contribution in [0.4, 0.5) is 11.6 Å². The molecule has 2 rings (SSSR count). The van der Waals surface area contributed by atoms with Crippen LogP contribution in [0.15, 0.2) is 6.07 Å². The average molecular weight is 248 g/mol. The van der Waals surface area contributed by atoms with Gasteiger partial charge < -0.3 is 11.1 Å². The van der Waals surface area contributed by atoms with Crippen molar-refractivity contribution in [2.45, 2.75) is 52.5 Å². The van der Waals surface area contributed by atoms with E-state index in [-0.39, 0.29) is 0 Å². The van der Waals surface area contributed by atoms with Crippen LogP contribution < -0.4 is 11.1 Å². The number of nitrogens with zero attached hydrogens (tertiary/aromatic N) is 2. The molecular formula is C14H24N4. The van der Waals surface area contributed by atoms with Gasteiger partial charge in [0.05, 0.1) is 0 Å². The maximum atomic E-state index is 5.80. The van der Waals surface area contributed by atoms with E-state index in [1.54, 1.807) is 0 Å². The number of aryl methyl sites for hydroxylation is 1. The lowest BCUT2D eigenvalue weighted by atomic mass is 9.79. The number of rotatable bonds is 3. The fraction of sp³-hybridized carbons (Fsp3) is 0.714. The van der Waals surface area contributed by atoms with Crippen molar-refractivity contribution in [3.05, 3.63) is 11.9 Å². The van der Waals surface area contributed by atoms with E-state index < -0.39 is 0 Å². The Morgan fingerprint density at radius 2 is 2.06 bits per heavy atom. The summed E-state index contributed by atoms with van der Waals surface area (Å²) in [6.07, 6.45) is 4.54. The van der Waals surface area contributed by atoms with Crippen LogP contribution in [0.2, 0.25) is 0 Å². The third kappa shape index (κ3) is 3.12. The van der Waals surface area contributed by atoms with Gasteiger partial charge in [-0.2, -0.15) is 0 Å². The number of anilines is 2. The van der Waals surface area contributed by atoms with E-state index in [2.05, 4.69) is 29.1 Å². The van der Waals surface area contributed by atoms with Gasteiger partial charge in [0.1, 0.15) is 17.5 Å². The van der Waals surface area contributed by atoms with Crippen molar-refractivity contribution in [2.24, 2.45) is 11.8 Å². The van der Waals surface area contributed by atoms with Crippen LogP contribution in [-0.4, -0.2) is 16.0 Å². The van der Waals surface area contributed by atoms with Gasteiger partial charge in [0.15, 0.2) is 0 Å². The van der Waals surface area contributed by atoms with E-state index in [1.165, 1.54) is 19.3 Å². The van der Waals surface area contributed by atoms with Gasteiger partial charge in [0.2, 0.25) is 0 Å². The van der Waals surface area contributed by atoms with Gasteiger partial charge in [-0.05, 0) is 31.1 Å². The van der Waals surface area contributed by atoms with Crippen LogP contribution in [0.1, 0.15) is 45.9 Å². The second-order valence-corrected chi connectivity index (χ2v) is 5.56. The molecule has 3 atom stereocenters. The highest BCUT2D eigenvalue weighted by atomic mass is 15.1. The molecule has 0 radical (unpaired) electrons. The number of nitrogens with two attached hydrogens (primary N) is 1. The summed E-state index contributed by atoms with van der Waals surface area (Å²) in [7, 11) is 0. The molecule has 1 aliphatic rings. The Morgan fingerprint density at radius 1 is 1.28 bits per heavy atom. The maximum absolute atomic E-state index is 5.80. The Bertz CT molecular complexity index is 405. The minimum atomic E-state index is 0.523. The summed E-state index contributed by atoms with van der Waals surface area (Å²) in [5.74, 6) is 3.87. The number of aromatic nitrogens is 2. The van der Waals surface area contributed by atoms with Gasteiger partial charge in [-0.3, -0.25) is 0 Å². The van der Waals surface area contributed by atoms with E-state index in [4.69, 9.17) is 5.73 Å². The molecular weight excluding hydrogens is 224 g/mol. The fourth-order valence-corrected chi connectivity index (χ4v) is 2.64. The van der Waals surface area contributed by atoms with Crippen LogP contribution in [0, 0.1) is 11.8 Å². The SMILES string of the molecule is CCc1nc(N)cc(NC2CCC(C)C(C)C2)n1. The molecule has 1 heterocycles. The quantitative estimate of drug-likeness (QED) is 0.863. The monoisotopic (exact) mass is 248 g/mol. The topological polar surface area (TPSA) is 63.8 Å². The van der Waals surface area contributed by atoms with Crippen molar-refractivity contribution in [1.82, 2.24) is 9.97 Å². The lowest BCUT2D eigenvalue weighted by Gasteiger charge is -2.32. The highest BCUT2D eigenvalue weighted by molar-refractivity contribution is 5.45. The van der Waals surface area contributed by atoms with Gasteiger partial charge in [-0.25, -0.2) is 9.97 Å². The van der Waals surface area contributed by atoms with Crippen LogP contribution in [0.5, 0.6) is 0 Å². The molecule has 0 spiro atoms. The molecule has 3 N–H and O–H groups in total. The van der Waals surface area contributed by atoms with Gasteiger partial charge in [-0.1, -0.05) is 20.8 Å². The number of hydrogen-bond donors (Lipinski definition) is 2. The third-order valence-corrected chi connectivity index (χ3v) is 4.06. The molecule has 0 amide bonds. The Balaban J connectivity index is 2.03. The van der Waals surface area contributed by atoms with E-state index in [9.17, 15) is 0 Å². The van der Waals surface area contributed by atoms with Crippen LogP contribution in [0.25, 0.3) is 0 Å². The Hall–Kier alpha value is -1.32. The summed E-state index contributed by atoms with van der Waals surface area (Å²) in [6.45, 7) is 6.73. The Kier molecular flexibility index (Phi) is 4.04. The Labute approximate surface area is 109 Å². The van der Waals surface area contributed by atoms with Crippen molar-refractivity contribution < 1.29 is 0 Å². The van der Waals surface area contributed by atoms with Gasteiger partial charge in [0.25, 0.3) is 0 Å². The van der Waals surface area contributed by atoms with Gasteiger partial charge in [-0.15, -0.1) is 0 Å². The lowest BCUT2D eigenvalue weighted by Crippen LogP contribution is -2.30. The zero-order chi connectivity index (χ0) is 13.1. The van der Waals surface area contributed by atoms with Crippen molar-refractivity contribution in [2.75, 3.05) is 11.1 Å². The van der Waals surface area contributed by atoms with E-state index in [0.29, 0.717) is 11.9 Å². The highest BCUT2D eigenvalue weighted by Crippen LogP contribution is 2.30. The summed E-state index contributed by atoms with van der Waals surface area (Å²) in [5.41, 5.74) is 5.80. The molecule has 1 aliphatic carbocycles. The Morgan fingerprint density at radius 3 is 2.72 bits per heavy atom.